The number of hydrogen-bond donors (Lipinski definition) is 1. The molecule has 0 heterocycles. The Morgan fingerprint density at radius 1 is 1.26 bits per heavy atom. The van der Waals surface area contributed by atoms with Gasteiger partial charge in [0.1, 0.15) is 0 Å². The molecular weight excluding hydrogens is 256 g/mol. The number of halogens is 1. The van der Waals surface area contributed by atoms with Gasteiger partial charge >= 0.3 is 0 Å². The van der Waals surface area contributed by atoms with E-state index in [9.17, 15) is 5.11 Å². The fourth-order valence-electron chi connectivity index (χ4n) is 1.75. The van der Waals surface area contributed by atoms with Gasteiger partial charge in [-0.05, 0) is 43.5 Å². The minimum atomic E-state index is -0.952. The normalized spacial score (nSPS) is 10.5. The lowest BCUT2D eigenvalue weighted by atomic mass is 9.88. The number of hydrogen-bond acceptors (Lipinski definition) is 1. The molecule has 1 nitrogen and oxygen atoms in total. The van der Waals surface area contributed by atoms with Crippen LogP contribution in [0.5, 0.6) is 0 Å². The quantitative estimate of drug-likeness (QED) is 0.584. The Morgan fingerprint density at radius 2 is 1.79 bits per heavy atom. The van der Waals surface area contributed by atoms with Crippen molar-refractivity contribution in [2.45, 2.75) is 25.4 Å². The molecule has 0 spiro atoms. The average molecular weight is 275 g/mol. The van der Waals surface area contributed by atoms with E-state index in [1.807, 2.05) is 37.3 Å². The molecule has 100 valence electrons. The lowest BCUT2D eigenvalue weighted by Gasteiger charge is -2.25. The average Bonchev–Trinajstić information content (AvgIpc) is 2.38. The van der Waals surface area contributed by atoms with Gasteiger partial charge in [-0.2, -0.15) is 0 Å². The molecule has 0 aromatic heterocycles. The van der Waals surface area contributed by atoms with E-state index < -0.39 is 5.60 Å². The minimum Gasteiger partial charge on any atom is -0.384 e. The maximum atomic E-state index is 10.5. The zero-order valence-electron chi connectivity index (χ0n) is 11.2. The predicted molar refractivity (Wildman–Crippen MR) is 83.2 cm³/mol. The molecule has 2 heteroatoms. The first-order valence-electron chi connectivity index (χ1n) is 6.15. The lowest BCUT2D eigenvalue weighted by molar-refractivity contribution is 0.0851. The smallest absolute Gasteiger partial charge is 0.0995 e. The highest BCUT2D eigenvalue weighted by Crippen LogP contribution is 2.25. The summed E-state index contributed by atoms with van der Waals surface area (Å²) in [6.07, 6.45) is 6.20. The second-order valence-electron chi connectivity index (χ2n) is 4.48. The van der Waals surface area contributed by atoms with Gasteiger partial charge in [-0.3, -0.25) is 0 Å². The SMILES string of the molecule is C=CCC(O)(CC=C)C(C)=C=Cc1ccc(Cl)cc1. The van der Waals surface area contributed by atoms with Gasteiger partial charge in [0.15, 0.2) is 0 Å². The van der Waals surface area contributed by atoms with E-state index in [2.05, 4.69) is 18.9 Å². The molecule has 0 aliphatic heterocycles. The molecule has 1 N–H and O–H groups in total. The number of rotatable bonds is 6. The Balaban J connectivity index is 3.03. The van der Waals surface area contributed by atoms with Gasteiger partial charge in [-0.15, -0.1) is 18.9 Å². The van der Waals surface area contributed by atoms with Crippen LogP contribution in [0.4, 0.5) is 0 Å². The van der Waals surface area contributed by atoms with Gasteiger partial charge in [0.25, 0.3) is 0 Å². The van der Waals surface area contributed by atoms with E-state index in [1.54, 1.807) is 12.2 Å². The van der Waals surface area contributed by atoms with Gasteiger partial charge in [-0.25, -0.2) is 0 Å². The topological polar surface area (TPSA) is 20.2 Å². The fourth-order valence-corrected chi connectivity index (χ4v) is 1.88. The van der Waals surface area contributed by atoms with Crippen LogP contribution < -0.4 is 0 Å². The summed E-state index contributed by atoms with van der Waals surface area (Å²) in [7, 11) is 0. The molecule has 0 amide bonds. The van der Waals surface area contributed by atoms with Crippen molar-refractivity contribution >= 4 is 17.7 Å². The van der Waals surface area contributed by atoms with Crippen LogP contribution >= 0.6 is 11.6 Å². The van der Waals surface area contributed by atoms with E-state index >= 15 is 0 Å². The summed E-state index contributed by atoms with van der Waals surface area (Å²) in [5.41, 5.74) is 3.93. The van der Waals surface area contributed by atoms with Crippen LogP contribution in [-0.2, 0) is 0 Å². The summed E-state index contributed by atoms with van der Waals surface area (Å²) < 4.78 is 0. The molecule has 0 bridgehead atoms. The second-order valence-corrected chi connectivity index (χ2v) is 4.92. The Kier molecular flexibility index (Phi) is 5.85. The van der Waals surface area contributed by atoms with Crippen molar-refractivity contribution in [2.24, 2.45) is 0 Å². The van der Waals surface area contributed by atoms with Crippen molar-refractivity contribution in [3.8, 4) is 0 Å². The standard InChI is InChI=1S/C17H19ClO/c1-4-12-17(19,13-5-2)14(3)6-7-15-8-10-16(18)11-9-15/h4-5,7-11,19H,1-2,12-13H2,3H3. The van der Waals surface area contributed by atoms with Crippen LogP contribution in [0.15, 0.2) is 60.9 Å². The lowest BCUT2D eigenvalue weighted by Crippen LogP contribution is -2.28. The molecule has 1 rings (SSSR count). The van der Waals surface area contributed by atoms with Gasteiger partial charge in [0.05, 0.1) is 5.60 Å². The zero-order valence-corrected chi connectivity index (χ0v) is 12.0. The fraction of sp³-hybridized carbons (Fsp3) is 0.235. The van der Waals surface area contributed by atoms with E-state index in [0.29, 0.717) is 17.9 Å². The number of benzene rings is 1. The summed E-state index contributed by atoms with van der Waals surface area (Å²) >= 11 is 5.83. The molecule has 0 saturated carbocycles. The van der Waals surface area contributed by atoms with Crippen LogP contribution in [0.3, 0.4) is 0 Å². The first-order chi connectivity index (χ1) is 9.01. The van der Waals surface area contributed by atoms with Crippen LogP contribution in [0.1, 0.15) is 25.3 Å². The predicted octanol–water partition coefficient (Wildman–Crippen LogP) is 4.78. The van der Waals surface area contributed by atoms with E-state index in [-0.39, 0.29) is 0 Å². The first kappa shape index (κ1) is 15.5. The third kappa shape index (κ3) is 4.57. The van der Waals surface area contributed by atoms with Crippen molar-refractivity contribution < 1.29 is 5.11 Å². The van der Waals surface area contributed by atoms with E-state index in [1.165, 1.54) is 0 Å². The van der Waals surface area contributed by atoms with Crippen LogP contribution in [0, 0.1) is 0 Å². The maximum absolute atomic E-state index is 10.5. The molecule has 1 aromatic rings. The summed E-state index contributed by atoms with van der Waals surface area (Å²) in [5, 5.41) is 11.2. The largest absolute Gasteiger partial charge is 0.384 e. The first-order valence-corrected chi connectivity index (χ1v) is 6.53. The molecular formula is C17H19ClO. The highest BCUT2D eigenvalue weighted by atomic mass is 35.5. The summed E-state index contributed by atoms with van der Waals surface area (Å²) in [4.78, 5) is 0. The Morgan fingerprint density at radius 3 is 2.26 bits per heavy atom. The van der Waals surface area contributed by atoms with Gasteiger partial charge in [0, 0.05) is 10.6 Å². The summed E-state index contributed by atoms with van der Waals surface area (Å²) in [5.74, 6) is 0. The Hall–Kier alpha value is -1.53. The highest BCUT2D eigenvalue weighted by Gasteiger charge is 2.25. The van der Waals surface area contributed by atoms with E-state index in [4.69, 9.17) is 11.6 Å². The van der Waals surface area contributed by atoms with Crippen molar-refractivity contribution in [1.29, 1.82) is 0 Å². The number of aliphatic hydroxyl groups is 1. The third-order valence-corrected chi connectivity index (χ3v) is 3.24. The minimum absolute atomic E-state index is 0.478. The van der Waals surface area contributed by atoms with Crippen molar-refractivity contribution in [3.05, 3.63) is 71.5 Å². The van der Waals surface area contributed by atoms with Crippen molar-refractivity contribution in [2.75, 3.05) is 0 Å². The highest BCUT2D eigenvalue weighted by molar-refractivity contribution is 6.30. The summed E-state index contributed by atoms with van der Waals surface area (Å²) in [6, 6.07) is 7.46. The monoisotopic (exact) mass is 274 g/mol. The van der Waals surface area contributed by atoms with Crippen LogP contribution in [-0.4, -0.2) is 10.7 Å². The Bertz CT molecular complexity index is 495. The molecule has 1 aromatic carbocycles. The molecule has 0 radical (unpaired) electrons. The maximum Gasteiger partial charge on any atom is 0.0995 e. The van der Waals surface area contributed by atoms with Crippen molar-refractivity contribution in [3.63, 3.8) is 0 Å². The van der Waals surface area contributed by atoms with Crippen LogP contribution in [0.25, 0.3) is 6.08 Å². The molecule has 0 unspecified atom stereocenters. The van der Waals surface area contributed by atoms with Gasteiger partial charge in [0.2, 0.25) is 0 Å². The second kappa shape index (κ2) is 7.16. The van der Waals surface area contributed by atoms with Crippen molar-refractivity contribution in [1.82, 2.24) is 0 Å². The molecule has 0 aliphatic carbocycles. The molecule has 0 saturated heterocycles. The van der Waals surface area contributed by atoms with Gasteiger partial charge in [-0.1, -0.05) is 35.9 Å². The third-order valence-electron chi connectivity index (χ3n) is 2.99. The van der Waals surface area contributed by atoms with E-state index in [0.717, 1.165) is 11.1 Å². The van der Waals surface area contributed by atoms with Gasteiger partial charge < -0.3 is 5.11 Å². The molecule has 0 atom stereocenters. The molecule has 0 fully saturated rings. The van der Waals surface area contributed by atoms with Crippen LogP contribution in [0.2, 0.25) is 5.02 Å². The Labute approximate surface area is 120 Å². The zero-order chi connectivity index (χ0) is 14.3. The summed E-state index contributed by atoms with van der Waals surface area (Å²) in [6.45, 7) is 9.22. The molecule has 19 heavy (non-hydrogen) atoms. The molecule has 0 aliphatic rings.